The van der Waals surface area contributed by atoms with E-state index in [2.05, 4.69) is 369 Å². The molecule has 8 aromatic rings. The molecule has 0 bridgehead atoms. The van der Waals surface area contributed by atoms with Gasteiger partial charge in [-0.3, -0.25) is 0 Å². The zero-order valence-corrected chi connectivity index (χ0v) is 82.5. The number of benzene rings is 4. The third-order valence-electron chi connectivity index (χ3n) is 23.2. The van der Waals surface area contributed by atoms with Gasteiger partial charge in [0.05, 0.1) is 0 Å². The van der Waals surface area contributed by atoms with E-state index in [1.165, 1.54) is 154 Å². The van der Waals surface area contributed by atoms with Gasteiger partial charge in [0.2, 0.25) is 0 Å². The van der Waals surface area contributed by atoms with E-state index < -0.39 is 53.1 Å². The molecule has 0 aliphatic rings. The second kappa shape index (κ2) is 40.0. The summed E-state index contributed by atoms with van der Waals surface area (Å²) in [6.45, 7) is 43.6. The average molecular weight is 1670 g/mol. The number of hydrogen-bond donors (Lipinski definition) is 0. The van der Waals surface area contributed by atoms with Crippen molar-refractivity contribution in [1.29, 1.82) is 0 Å². The van der Waals surface area contributed by atoms with Gasteiger partial charge in [0, 0.05) is 0 Å². The molecule has 4 nitrogen and oxygen atoms in total. The van der Waals surface area contributed by atoms with E-state index in [0.29, 0.717) is 41.4 Å². The molecule has 0 aliphatic heterocycles. The first-order valence-electron chi connectivity index (χ1n) is 41.6. The minimum absolute atomic E-state index is 0.577. The zero-order chi connectivity index (χ0) is 79.1. The fraction of sp³-hybridized carbons (Fsp3) is 0.546. The topological polar surface area (TPSA) is 15.5 Å². The van der Waals surface area contributed by atoms with E-state index in [-0.39, 0.29) is 0 Å². The van der Waals surface area contributed by atoms with Crippen molar-refractivity contribution in [1.82, 2.24) is 0 Å². The Labute approximate surface area is 657 Å². The number of aryl methyl sites for hydroxylation is 9. The average Bonchev–Trinajstić information content (AvgIpc) is 0.792. The molecular weight excluding hydrogens is 1510 g/mol. The molecule has 0 amide bonds. The standard InChI is InChI=1S/C26H42GeN.C25H40GeN.C24H38GeN.C22H34GeN/c1-10-20(11-2)22-15-14-19(5)23(16-22)26-17-24(21(12-3)13-4)25(18-28(26)9)27(6,7)8;1-10-21(11-2)23-16-25(27(9)17-24(23)26(6,7)8)22-13-12-20(14-18(3)4)15-19(22)5;1-10-19(11-2)22-15-24(26(9)16-23(22)25(6,7)8)21-13-12-20(17(3)4)14-18(21)5;1-9-18(10-2)20-14-22(19-12-11-16(3)13-17(19)4)24(8)15-21(20)23(5,6)7/h14-18,20-21H,10-13H2,1-9H3;12-13,15-18,21H,10-11,14H2,1-9H3;12-17,19H,10-11H2,1-9H3;11-15,18H,9-10H2,1-8H3/q4*+1. The van der Waals surface area contributed by atoms with Crippen molar-refractivity contribution in [2.75, 3.05) is 0 Å². The maximum atomic E-state index is 2.54. The Morgan fingerprint density at radius 2 is 0.571 bits per heavy atom. The first-order valence-corrected chi connectivity index (χ1v) is 71.0. The summed E-state index contributed by atoms with van der Waals surface area (Å²) in [6.07, 6.45) is 23.2. The first-order chi connectivity index (χ1) is 49.0. The Kier molecular flexibility index (Phi) is 34.8. The van der Waals surface area contributed by atoms with Crippen LogP contribution in [0.2, 0.25) is 69.1 Å². The molecule has 4 aromatic carbocycles. The summed E-state index contributed by atoms with van der Waals surface area (Å²) in [4.78, 5) is 0. The quantitative estimate of drug-likeness (QED) is 0.0379. The third-order valence-corrected chi connectivity index (χ3v) is 40.3. The number of hydrogen-bond acceptors (Lipinski definition) is 0. The minimum atomic E-state index is -1.95. The van der Waals surface area contributed by atoms with Crippen molar-refractivity contribution in [2.24, 2.45) is 34.1 Å². The van der Waals surface area contributed by atoms with Gasteiger partial charge >= 0.3 is 663 Å². The Morgan fingerprint density at radius 1 is 0.286 bits per heavy atom. The van der Waals surface area contributed by atoms with Gasteiger partial charge < -0.3 is 0 Å². The molecule has 8 rings (SSSR count). The van der Waals surface area contributed by atoms with Crippen molar-refractivity contribution in [2.45, 2.75) is 307 Å². The molecule has 0 saturated heterocycles. The molecule has 0 saturated carbocycles. The summed E-state index contributed by atoms with van der Waals surface area (Å²) >= 11 is -7.72. The molecule has 0 unspecified atom stereocenters. The van der Waals surface area contributed by atoms with Crippen LogP contribution in [0.25, 0.3) is 45.0 Å². The van der Waals surface area contributed by atoms with Crippen LogP contribution in [-0.2, 0) is 34.6 Å². The number of nitrogens with zero attached hydrogens (tertiary/aromatic N) is 4. The molecule has 4 heterocycles. The van der Waals surface area contributed by atoms with Gasteiger partial charge in [-0.25, -0.2) is 0 Å². The Morgan fingerprint density at radius 3 is 0.848 bits per heavy atom. The molecule has 8 heteroatoms. The summed E-state index contributed by atoms with van der Waals surface area (Å²) in [6, 6.07) is 38.1. The van der Waals surface area contributed by atoms with E-state index >= 15 is 0 Å². The van der Waals surface area contributed by atoms with Gasteiger partial charge in [-0.2, -0.15) is 0 Å². The van der Waals surface area contributed by atoms with Gasteiger partial charge in [-0.05, 0) is 0 Å². The van der Waals surface area contributed by atoms with Crippen molar-refractivity contribution in [3.63, 3.8) is 0 Å². The van der Waals surface area contributed by atoms with Crippen LogP contribution in [0, 0.1) is 40.5 Å². The fourth-order valence-electron chi connectivity index (χ4n) is 16.5. The van der Waals surface area contributed by atoms with E-state index in [1.54, 1.807) is 39.8 Å². The Hall–Kier alpha value is -4.35. The fourth-order valence-corrected chi connectivity index (χ4v) is 30.9. The molecule has 574 valence electrons. The number of aromatic nitrogens is 4. The number of pyridine rings is 4. The zero-order valence-electron chi connectivity index (χ0n) is 74.2. The van der Waals surface area contributed by atoms with Crippen molar-refractivity contribution >= 4 is 70.6 Å². The van der Waals surface area contributed by atoms with Crippen LogP contribution in [0.5, 0.6) is 0 Å². The Bertz CT molecular complexity index is 4120. The summed E-state index contributed by atoms with van der Waals surface area (Å²) in [5.41, 5.74) is 28.7. The monoisotopic (exact) mass is 1670 g/mol. The van der Waals surface area contributed by atoms with Crippen LogP contribution in [0.4, 0.5) is 0 Å². The molecule has 105 heavy (non-hydrogen) atoms. The SMILES string of the molecule is CCC(CC)c1cc(-c2ccc(C(C)C)cc2C)[n+](C)c[c]1[Ge]([CH3])([CH3])[CH3].CCC(CC)c1cc(-c2ccc(C)cc2C)[n+](C)c[c]1[Ge]([CH3])([CH3])[CH3].CCC(CC)c1cc(-c2ccc(CC(C)C)cc2C)[n+](C)c[c]1[Ge]([CH3])([CH3])[CH3].CCC(CC)c1ccc(C)c(-c2cc(C(CC)CC)[c]([Ge]([CH3])([CH3])[CH3])c[n+]2C)c1. The van der Waals surface area contributed by atoms with Crippen LogP contribution < -0.4 is 35.9 Å². The second-order valence-electron chi connectivity index (χ2n) is 36.5. The van der Waals surface area contributed by atoms with Crippen LogP contribution in [0.1, 0.15) is 263 Å². The molecule has 0 spiro atoms. The second-order valence-corrected chi connectivity index (χ2v) is 78.8. The van der Waals surface area contributed by atoms with Crippen molar-refractivity contribution < 1.29 is 18.3 Å². The number of rotatable bonds is 26. The Balaban J connectivity index is 0.000000252. The van der Waals surface area contributed by atoms with Gasteiger partial charge in [0.1, 0.15) is 0 Å². The molecule has 0 N–H and O–H groups in total. The maximum absolute atomic E-state index is 2.54. The predicted octanol–water partition coefficient (Wildman–Crippen LogP) is 24.3. The van der Waals surface area contributed by atoms with Crippen LogP contribution in [0.15, 0.2) is 122 Å². The van der Waals surface area contributed by atoms with Gasteiger partial charge in [-0.1, -0.05) is 0 Å². The third kappa shape index (κ3) is 23.8. The molecule has 0 atom stereocenters. The van der Waals surface area contributed by atoms with Crippen molar-refractivity contribution in [3.8, 4) is 45.0 Å². The summed E-state index contributed by atoms with van der Waals surface area (Å²) < 4.78 is 16.2. The molecule has 0 aliphatic carbocycles. The molecule has 0 radical (unpaired) electrons. The van der Waals surface area contributed by atoms with Gasteiger partial charge in [0.25, 0.3) is 0 Å². The molecule has 4 aromatic heterocycles. The van der Waals surface area contributed by atoms with E-state index in [9.17, 15) is 0 Å². The van der Waals surface area contributed by atoms with E-state index in [0.717, 1.165) is 6.42 Å². The van der Waals surface area contributed by atoms with E-state index in [1.807, 2.05) is 0 Å². The normalized spacial score (nSPS) is 12.2. The van der Waals surface area contributed by atoms with Gasteiger partial charge in [-0.15, -0.1) is 0 Å². The predicted molar refractivity (Wildman–Crippen MR) is 477 cm³/mol. The summed E-state index contributed by atoms with van der Waals surface area (Å²) in [7, 11) is 8.90. The van der Waals surface area contributed by atoms with Crippen LogP contribution in [0.3, 0.4) is 0 Å². The molecule has 0 fully saturated rings. The van der Waals surface area contributed by atoms with E-state index in [4.69, 9.17) is 0 Å². The van der Waals surface area contributed by atoms with Crippen LogP contribution in [-0.4, -0.2) is 53.1 Å². The molecular formula is C97H154Ge4N4+4. The summed E-state index contributed by atoms with van der Waals surface area (Å²) in [5.74, 6) is 34.9. The summed E-state index contributed by atoms with van der Waals surface area (Å²) in [5, 5.41) is 0. The first kappa shape index (κ1) is 91.3. The van der Waals surface area contributed by atoms with Crippen LogP contribution >= 0.6 is 0 Å². The van der Waals surface area contributed by atoms with Crippen molar-refractivity contribution in [3.05, 3.63) is 189 Å². The van der Waals surface area contributed by atoms with Gasteiger partial charge in [0.15, 0.2) is 0 Å².